The molecule has 2 unspecified atom stereocenters. The number of methoxy groups -OCH3 is 2. The normalized spacial score (nSPS) is 19.9. The number of esters is 1. The van der Waals surface area contributed by atoms with E-state index in [2.05, 4.69) is 0 Å². The molecule has 0 spiro atoms. The largest absolute Gasteiger partial charge is 0.497 e. The van der Waals surface area contributed by atoms with Gasteiger partial charge < -0.3 is 14.4 Å². The van der Waals surface area contributed by atoms with Gasteiger partial charge in [-0.25, -0.2) is 0 Å². The second-order valence-electron chi connectivity index (χ2n) is 6.39. The Balaban J connectivity index is 1.94. The molecule has 2 atom stereocenters. The zero-order chi connectivity index (χ0) is 18.5. The number of likely N-dealkylation sites (tertiary alicyclic amines) is 1. The van der Waals surface area contributed by atoms with Crippen LogP contribution in [0.3, 0.4) is 0 Å². The minimum Gasteiger partial charge on any atom is -0.497 e. The molecule has 5 heteroatoms. The first-order valence-corrected chi connectivity index (χ1v) is 8.69. The van der Waals surface area contributed by atoms with Crippen molar-refractivity contribution >= 4 is 11.9 Å². The lowest BCUT2D eigenvalue weighted by atomic mass is 9.84. The van der Waals surface area contributed by atoms with Crippen LogP contribution in [0.1, 0.15) is 30.0 Å². The predicted octanol–water partition coefficient (Wildman–Crippen LogP) is 3.35. The number of hydrogen-bond acceptors (Lipinski definition) is 4. The minimum absolute atomic E-state index is 0.0508. The highest BCUT2D eigenvalue weighted by molar-refractivity contribution is 5.82. The Morgan fingerprint density at radius 3 is 2.38 bits per heavy atom. The van der Waals surface area contributed by atoms with E-state index in [-0.39, 0.29) is 23.8 Å². The van der Waals surface area contributed by atoms with Crippen molar-refractivity contribution in [1.82, 2.24) is 4.90 Å². The lowest BCUT2D eigenvalue weighted by Crippen LogP contribution is -2.45. The molecule has 1 aliphatic rings. The molecule has 1 aliphatic heterocycles. The van der Waals surface area contributed by atoms with Crippen molar-refractivity contribution in [2.75, 3.05) is 14.2 Å². The third kappa shape index (κ3) is 3.72. The summed E-state index contributed by atoms with van der Waals surface area (Å²) in [7, 11) is 3.02. The summed E-state index contributed by atoms with van der Waals surface area (Å²) in [5, 5.41) is 0. The molecule has 0 saturated carbocycles. The van der Waals surface area contributed by atoms with E-state index in [9.17, 15) is 9.59 Å². The van der Waals surface area contributed by atoms with E-state index in [1.54, 1.807) is 12.0 Å². The maximum Gasteiger partial charge on any atom is 0.311 e. The van der Waals surface area contributed by atoms with E-state index in [4.69, 9.17) is 9.47 Å². The fraction of sp³-hybridized carbons (Fsp3) is 0.333. The molecule has 3 rings (SSSR count). The number of benzene rings is 2. The molecule has 5 nitrogen and oxygen atoms in total. The van der Waals surface area contributed by atoms with Crippen LogP contribution in [0.15, 0.2) is 54.6 Å². The van der Waals surface area contributed by atoms with Gasteiger partial charge in [-0.15, -0.1) is 0 Å². The van der Waals surface area contributed by atoms with E-state index in [0.717, 1.165) is 16.9 Å². The van der Waals surface area contributed by atoms with Gasteiger partial charge in [-0.2, -0.15) is 0 Å². The van der Waals surface area contributed by atoms with Crippen molar-refractivity contribution in [1.29, 1.82) is 0 Å². The summed E-state index contributed by atoms with van der Waals surface area (Å²) >= 11 is 0. The molecular weight excluding hydrogens is 330 g/mol. The highest BCUT2D eigenvalue weighted by Gasteiger charge is 2.41. The summed E-state index contributed by atoms with van der Waals surface area (Å²) in [5.41, 5.74) is 1.94. The summed E-state index contributed by atoms with van der Waals surface area (Å²) in [4.78, 5) is 26.9. The Hall–Kier alpha value is -2.82. The van der Waals surface area contributed by atoms with Gasteiger partial charge >= 0.3 is 5.97 Å². The van der Waals surface area contributed by atoms with Gasteiger partial charge in [0.25, 0.3) is 0 Å². The maximum absolute atomic E-state index is 12.7. The first-order valence-electron chi connectivity index (χ1n) is 8.69. The molecule has 0 aromatic heterocycles. The third-order valence-electron chi connectivity index (χ3n) is 4.86. The zero-order valence-corrected chi connectivity index (χ0v) is 15.1. The number of ether oxygens (including phenoxy) is 2. The molecule has 2 aromatic rings. The minimum atomic E-state index is -0.363. The number of carbonyl (C=O) groups is 2. The number of amides is 1. The Kier molecular flexibility index (Phi) is 5.56. The Morgan fingerprint density at radius 2 is 1.77 bits per heavy atom. The van der Waals surface area contributed by atoms with Crippen LogP contribution in [0.4, 0.5) is 0 Å². The molecule has 0 bridgehead atoms. The zero-order valence-electron chi connectivity index (χ0n) is 15.1. The second kappa shape index (κ2) is 8.04. The topological polar surface area (TPSA) is 55.8 Å². The monoisotopic (exact) mass is 353 g/mol. The Morgan fingerprint density at radius 1 is 1.08 bits per heavy atom. The van der Waals surface area contributed by atoms with E-state index in [0.29, 0.717) is 19.4 Å². The fourth-order valence-electron chi connectivity index (χ4n) is 3.53. The molecule has 0 N–H and O–H groups in total. The lowest BCUT2D eigenvalue weighted by Gasteiger charge is -2.40. The van der Waals surface area contributed by atoms with E-state index in [1.165, 1.54) is 7.11 Å². The Bertz CT molecular complexity index is 757. The van der Waals surface area contributed by atoms with Crippen molar-refractivity contribution in [3.05, 3.63) is 65.7 Å². The first kappa shape index (κ1) is 18.0. The lowest BCUT2D eigenvalue weighted by molar-refractivity contribution is -0.155. The van der Waals surface area contributed by atoms with Crippen LogP contribution in [-0.2, 0) is 20.9 Å². The maximum atomic E-state index is 12.7. The second-order valence-corrected chi connectivity index (χ2v) is 6.39. The number of rotatable bonds is 5. The molecule has 1 amide bonds. The summed E-state index contributed by atoms with van der Waals surface area (Å²) < 4.78 is 10.2. The number of carbonyl (C=O) groups excluding carboxylic acids is 2. The molecule has 0 radical (unpaired) electrons. The van der Waals surface area contributed by atoms with Crippen LogP contribution in [-0.4, -0.2) is 31.0 Å². The molecule has 1 saturated heterocycles. The van der Waals surface area contributed by atoms with E-state index < -0.39 is 0 Å². The fourth-order valence-corrected chi connectivity index (χ4v) is 3.53. The predicted molar refractivity (Wildman–Crippen MR) is 97.5 cm³/mol. The van der Waals surface area contributed by atoms with Gasteiger partial charge in [0.15, 0.2) is 0 Å². The number of hydrogen-bond donors (Lipinski definition) is 0. The highest BCUT2D eigenvalue weighted by atomic mass is 16.5. The molecule has 26 heavy (non-hydrogen) atoms. The Labute approximate surface area is 153 Å². The van der Waals surface area contributed by atoms with E-state index in [1.807, 2.05) is 54.6 Å². The van der Waals surface area contributed by atoms with Gasteiger partial charge in [0.05, 0.1) is 26.2 Å². The third-order valence-corrected chi connectivity index (χ3v) is 4.86. The van der Waals surface area contributed by atoms with Crippen molar-refractivity contribution < 1.29 is 19.1 Å². The van der Waals surface area contributed by atoms with Gasteiger partial charge in [0, 0.05) is 13.0 Å². The molecule has 1 heterocycles. The first-order chi connectivity index (χ1) is 12.6. The van der Waals surface area contributed by atoms with Crippen molar-refractivity contribution in [2.24, 2.45) is 5.92 Å². The van der Waals surface area contributed by atoms with E-state index >= 15 is 0 Å². The molecule has 136 valence electrons. The van der Waals surface area contributed by atoms with Gasteiger partial charge in [-0.1, -0.05) is 42.5 Å². The van der Waals surface area contributed by atoms with Gasteiger partial charge in [0.2, 0.25) is 5.91 Å². The summed E-state index contributed by atoms with van der Waals surface area (Å²) in [6.45, 7) is 0.440. The van der Waals surface area contributed by atoms with Crippen molar-refractivity contribution in [2.45, 2.75) is 25.4 Å². The average molecular weight is 353 g/mol. The number of piperidine rings is 1. The van der Waals surface area contributed by atoms with Crippen LogP contribution in [0, 0.1) is 5.92 Å². The summed E-state index contributed by atoms with van der Waals surface area (Å²) in [6.07, 6.45) is 0.851. The highest BCUT2D eigenvalue weighted by Crippen LogP contribution is 2.38. The standard InChI is InChI=1S/C21H23NO4/c1-25-17-10-8-15(9-11-17)14-22-19(23)13-12-18(21(24)26-2)20(22)16-6-4-3-5-7-16/h3-11,18,20H,12-14H2,1-2H3. The summed E-state index contributed by atoms with van der Waals surface area (Å²) in [5.74, 6) is 0.185. The summed E-state index contributed by atoms with van der Waals surface area (Å²) in [6, 6.07) is 17.0. The van der Waals surface area contributed by atoms with Gasteiger partial charge in [-0.3, -0.25) is 9.59 Å². The smallest absolute Gasteiger partial charge is 0.311 e. The van der Waals surface area contributed by atoms with Crippen LogP contribution in [0.25, 0.3) is 0 Å². The van der Waals surface area contributed by atoms with Crippen molar-refractivity contribution in [3.8, 4) is 5.75 Å². The van der Waals surface area contributed by atoms with Crippen LogP contribution in [0.2, 0.25) is 0 Å². The van der Waals surface area contributed by atoms with Crippen molar-refractivity contribution in [3.63, 3.8) is 0 Å². The molecule has 2 aromatic carbocycles. The van der Waals surface area contributed by atoms with Crippen LogP contribution < -0.4 is 4.74 Å². The van der Waals surface area contributed by atoms with Crippen LogP contribution in [0.5, 0.6) is 5.75 Å². The van der Waals surface area contributed by atoms with Gasteiger partial charge in [-0.05, 0) is 29.7 Å². The number of nitrogens with zero attached hydrogens (tertiary/aromatic N) is 1. The van der Waals surface area contributed by atoms with Crippen LogP contribution >= 0.6 is 0 Å². The average Bonchev–Trinajstić information content (AvgIpc) is 2.70. The molecule has 0 aliphatic carbocycles. The quantitative estimate of drug-likeness (QED) is 0.774. The SMILES string of the molecule is COC(=O)C1CCC(=O)N(Cc2ccc(OC)cc2)C1c1ccccc1. The van der Waals surface area contributed by atoms with Gasteiger partial charge in [0.1, 0.15) is 5.75 Å². The molecular formula is C21H23NO4. The molecule has 1 fully saturated rings.